The van der Waals surface area contributed by atoms with Crippen molar-refractivity contribution in [2.75, 3.05) is 143 Å². The average Bonchev–Trinajstić information content (AvgIpc) is 0.884. The largest absolute Gasteiger partial charge is 0.396 e. The fraction of sp³-hybridized carbons (Fsp3) is 1.00. The van der Waals surface area contributed by atoms with Crippen LogP contribution in [-0.2, 0) is 18.9 Å². The van der Waals surface area contributed by atoms with Crippen LogP contribution in [0.4, 0.5) is 0 Å². The first-order valence-corrected chi connectivity index (χ1v) is 45.5. The van der Waals surface area contributed by atoms with E-state index < -0.39 is 0 Å². The molecule has 0 aromatic heterocycles. The minimum Gasteiger partial charge on any atom is -0.396 e. The van der Waals surface area contributed by atoms with Crippen LogP contribution in [0.25, 0.3) is 0 Å². The summed E-state index contributed by atoms with van der Waals surface area (Å²) in [4.78, 5) is 0. The van der Waals surface area contributed by atoms with E-state index >= 15 is 0 Å². The normalized spacial score (nSPS) is 14.0. The van der Waals surface area contributed by atoms with E-state index in [1.807, 2.05) is 0 Å². The van der Waals surface area contributed by atoms with Crippen LogP contribution < -0.4 is 0 Å². The van der Waals surface area contributed by atoms with Gasteiger partial charge in [-0.25, -0.2) is 0 Å². The minimum absolute atomic E-state index is 0.104. The number of hydrogen-bond donors (Lipinski definition) is 1. The third kappa shape index (κ3) is 60.6. The van der Waals surface area contributed by atoms with Crippen LogP contribution in [0.5, 0.6) is 0 Å². The molecule has 100 heavy (non-hydrogen) atoms. The summed E-state index contributed by atoms with van der Waals surface area (Å²) in [5.41, 5.74) is 0. The summed E-state index contributed by atoms with van der Waals surface area (Å²) in [5, 5.41) is 10.0. The molecular weight excluding hydrogens is 1230 g/mol. The summed E-state index contributed by atoms with van der Waals surface area (Å²) in [6, 6.07) is 0. The Morgan fingerprint density at radius 3 is 0.550 bits per heavy atom. The summed E-state index contributed by atoms with van der Waals surface area (Å²) in [6.07, 6.45) is 79.5. The maximum absolute atomic E-state index is 10.0. The van der Waals surface area contributed by atoms with Gasteiger partial charge in [0.25, 0.3) is 0 Å². The Morgan fingerprint density at radius 1 is 0.190 bits per heavy atom. The average molecular weight is 1420 g/mol. The molecule has 0 bridgehead atoms. The smallest absolute Gasteiger partial charge is 0.192 e. The van der Waals surface area contributed by atoms with Crippen molar-refractivity contribution in [3.8, 4) is 0 Å². The Bertz CT molecular complexity index is 1640. The monoisotopic (exact) mass is 1420 g/mol. The molecule has 10 nitrogen and oxygen atoms in total. The Kier molecular flexibility index (Phi) is 68.8. The van der Waals surface area contributed by atoms with Gasteiger partial charge in [0.15, 0.2) is 24.9 Å². The second-order valence-electron chi connectivity index (χ2n) is 35.6. The van der Waals surface area contributed by atoms with E-state index in [9.17, 15) is 5.11 Å². The van der Waals surface area contributed by atoms with Gasteiger partial charge in [0.05, 0.1) is 136 Å². The van der Waals surface area contributed by atoms with Crippen molar-refractivity contribution >= 4 is 0 Å². The van der Waals surface area contributed by atoms with E-state index in [4.69, 9.17) is 18.9 Å². The lowest BCUT2D eigenvalue weighted by Crippen LogP contribution is -2.52. The number of nitrogens with zero attached hydrogens (tertiary/aromatic N) is 5. The zero-order valence-electron chi connectivity index (χ0n) is 71.8. The van der Waals surface area contributed by atoms with Crippen LogP contribution in [0.2, 0.25) is 0 Å². The molecule has 4 atom stereocenters. The summed E-state index contributed by atoms with van der Waals surface area (Å²) in [5.74, 6) is 0. The number of aliphatic hydroxyl groups excluding tert-OH is 1. The molecule has 0 spiro atoms. The predicted molar refractivity (Wildman–Crippen MR) is 441 cm³/mol. The first kappa shape index (κ1) is 99.6. The topological polar surface area (TPSA) is 57.2 Å². The molecule has 0 aliphatic heterocycles. The predicted octanol–water partition coefficient (Wildman–Crippen LogP) is 25.2. The van der Waals surface area contributed by atoms with Gasteiger partial charge < -0.3 is 46.5 Å². The van der Waals surface area contributed by atoms with Crippen LogP contribution in [0.15, 0.2) is 0 Å². The molecule has 1 N–H and O–H groups in total. The standard InChI is InChI=1S/C90H192N5O5/c1-16-21-26-31-36-41-46-51-56-61-76-91(6,7)77-66-67-83-97-88(93(10,11)79-63-58-53-48-43-38-33-28-23-18-3)73-69-85-99-90(95(14,15)81-65-60-55-50-45-40-35-30-25-20-5)75-71-86-100-89(94(12,13)80-64-59-54-49-44-39-34-29-24-19-4)74-70-84-98-87(72-68-82-96)92(8,9)78-62-57-52-47-42-37-32-27-22-17-2/h87-90,96H,16-86H2,1-15H3/q+5. The first-order chi connectivity index (χ1) is 48.3. The minimum atomic E-state index is 0.104. The zero-order valence-corrected chi connectivity index (χ0v) is 71.8. The van der Waals surface area contributed by atoms with Gasteiger partial charge in [0, 0.05) is 32.3 Å². The fourth-order valence-electron chi connectivity index (χ4n) is 15.8. The number of aliphatic hydroxyl groups is 1. The van der Waals surface area contributed by atoms with Crippen LogP contribution in [-0.4, -0.2) is 195 Å². The lowest BCUT2D eigenvalue weighted by atomic mass is 10.1. The molecule has 0 aromatic rings. The number of quaternary nitrogens is 5. The van der Waals surface area contributed by atoms with Crippen molar-refractivity contribution in [2.45, 2.75) is 445 Å². The molecule has 0 radical (unpaired) electrons. The van der Waals surface area contributed by atoms with Crippen LogP contribution in [0.1, 0.15) is 420 Å². The van der Waals surface area contributed by atoms with E-state index in [2.05, 4.69) is 105 Å². The highest BCUT2D eigenvalue weighted by molar-refractivity contribution is 4.61. The van der Waals surface area contributed by atoms with Gasteiger partial charge in [-0.1, -0.05) is 291 Å². The molecule has 0 fully saturated rings. The van der Waals surface area contributed by atoms with Crippen molar-refractivity contribution in [1.29, 1.82) is 0 Å². The van der Waals surface area contributed by atoms with Crippen molar-refractivity contribution in [2.24, 2.45) is 0 Å². The molecule has 0 heterocycles. The van der Waals surface area contributed by atoms with Gasteiger partial charge in [0.1, 0.15) is 0 Å². The van der Waals surface area contributed by atoms with Gasteiger partial charge in [-0.05, 0) is 103 Å². The molecule has 4 unspecified atom stereocenters. The molecule has 0 aliphatic carbocycles. The zero-order chi connectivity index (χ0) is 73.8. The Hall–Kier alpha value is -0.400. The number of ether oxygens (including phenoxy) is 4. The molecule has 0 aromatic carbocycles. The van der Waals surface area contributed by atoms with Gasteiger partial charge in [-0.3, -0.25) is 0 Å². The van der Waals surface area contributed by atoms with E-state index in [0.29, 0.717) is 0 Å². The maximum Gasteiger partial charge on any atom is 0.192 e. The summed E-state index contributed by atoms with van der Waals surface area (Å²) in [7, 11) is 24.4. The van der Waals surface area contributed by atoms with Gasteiger partial charge >= 0.3 is 0 Å². The Morgan fingerprint density at radius 2 is 0.350 bits per heavy atom. The van der Waals surface area contributed by atoms with Crippen molar-refractivity contribution < 1.29 is 46.5 Å². The Balaban J connectivity index is 6.29. The molecule has 0 amide bonds. The number of hydrogen-bond acceptors (Lipinski definition) is 5. The van der Waals surface area contributed by atoms with E-state index in [-0.39, 0.29) is 31.5 Å². The molecule has 0 aliphatic rings. The molecule has 0 saturated carbocycles. The number of unbranched alkanes of at least 4 members (excludes halogenated alkanes) is 46. The lowest BCUT2D eigenvalue weighted by Gasteiger charge is -2.40. The van der Waals surface area contributed by atoms with Gasteiger partial charge in [-0.15, -0.1) is 0 Å². The Labute approximate surface area is 630 Å². The van der Waals surface area contributed by atoms with Crippen molar-refractivity contribution in [1.82, 2.24) is 0 Å². The first-order valence-electron chi connectivity index (χ1n) is 45.5. The molecular formula is C90H192N5O5+5. The quantitative estimate of drug-likeness (QED) is 0.0374. The van der Waals surface area contributed by atoms with Crippen LogP contribution >= 0.6 is 0 Å². The van der Waals surface area contributed by atoms with Gasteiger partial charge in [-0.2, -0.15) is 0 Å². The molecule has 0 saturated heterocycles. The van der Waals surface area contributed by atoms with Crippen molar-refractivity contribution in [3.05, 3.63) is 0 Å². The SMILES string of the molecule is CCCCCCCCCCCC[N+](C)(C)CCCCOC(CCCOC(CCCOC(CCCOC(CCCO)[N+](C)(C)CCCCCCCCCCCC)[N+](C)(C)CCCCCCCCCCCC)[N+](C)(C)CCCCCCCCCCCC)[N+](C)(C)CCCCCCCCCCCC. The van der Waals surface area contributed by atoms with E-state index in [1.165, 1.54) is 347 Å². The summed E-state index contributed by atoms with van der Waals surface area (Å²) < 4.78 is 33.3. The van der Waals surface area contributed by atoms with Crippen LogP contribution in [0.3, 0.4) is 0 Å². The van der Waals surface area contributed by atoms with E-state index in [0.717, 1.165) is 126 Å². The molecule has 602 valence electrons. The third-order valence-corrected chi connectivity index (χ3v) is 23.4. The second-order valence-corrected chi connectivity index (χ2v) is 35.6. The molecule has 0 rings (SSSR count). The van der Waals surface area contributed by atoms with E-state index in [1.54, 1.807) is 0 Å². The van der Waals surface area contributed by atoms with Crippen LogP contribution in [0, 0.1) is 0 Å². The maximum atomic E-state index is 10.0. The van der Waals surface area contributed by atoms with Gasteiger partial charge in [0.2, 0.25) is 0 Å². The highest BCUT2D eigenvalue weighted by atomic mass is 16.5. The summed E-state index contributed by atoms with van der Waals surface area (Å²) in [6.45, 7) is 22.1. The fourth-order valence-corrected chi connectivity index (χ4v) is 15.8. The third-order valence-electron chi connectivity index (χ3n) is 23.4. The highest BCUT2D eigenvalue weighted by Gasteiger charge is 2.34. The lowest BCUT2D eigenvalue weighted by molar-refractivity contribution is -0.940. The second kappa shape index (κ2) is 69.1. The highest BCUT2D eigenvalue weighted by Crippen LogP contribution is 2.26. The summed E-state index contributed by atoms with van der Waals surface area (Å²) >= 11 is 0. The van der Waals surface area contributed by atoms with Crippen molar-refractivity contribution in [3.63, 3.8) is 0 Å². The number of rotatable bonds is 83. The molecule has 10 heteroatoms.